The molecule has 0 radical (unpaired) electrons. The Bertz CT molecular complexity index is 1510. The van der Waals surface area contributed by atoms with E-state index in [0.29, 0.717) is 31.1 Å². The van der Waals surface area contributed by atoms with E-state index in [-0.39, 0.29) is 37.3 Å². The molecule has 0 aromatic heterocycles. The number of hydrogen-bond donors (Lipinski definition) is 4. The highest BCUT2D eigenvalue weighted by Gasteiger charge is 2.53. The Balaban J connectivity index is 1.86. The fourth-order valence-electron chi connectivity index (χ4n) is 9.79. The van der Waals surface area contributed by atoms with Gasteiger partial charge in [-0.3, -0.25) is 4.79 Å². The molecular formula is C46H80N2O13. The number of esters is 1. The first kappa shape index (κ1) is 51.5. The van der Waals surface area contributed by atoms with Crippen molar-refractivity contribution in [1.29, 1.82) is 0 Å². The summed E-state index contributed by atoms with van der Waals surface area (Å²) in [7, 11) is 7.36. The summed E-state index contributed by atoms with van der Waals surface area (Å²) in [6.45, 7) is 20.8. The third-order valence-electron chi connectivity index (χ3n) is 13.6. The molecule has 3 heterocycles. The number of aliphatic hydroxyl groups is 4. The van der Waals surface area contributed by atoms with Gasteiger partial charge in [-0.1, -0.05) is 20.8 Å². The maximum Gasteiger partial charge on any atom is 0.311 e. The van der Waals surface area contributed by atoms with Gasteiger partial charge in [-0.2, -0.15) is 0 Å². The fourth-order valence-corrected chi connectivity index (χ4v) is 9.79. The van der Waals surface area contributed by atoms with Crippen LogP contribution in [0, 0.1) is 17.8 Å². The molecule has 3 fully saturated rings. The number of likely N-dealkylation sites (N-methyl/N-ethyl adjacent to an activating group) is 2. The molecule has 3 aliphatic rings. The first-order chi connectivity index (χ1) is 28.4. The summed E-state index contributed by atoms with van der Waals surface area (Å²) in [6.07, 6.45) is -7.64. The average Bonchev–Trinajstić information content (AvgIpc) is 3.19. The number of rotatable bonds is 11. The second-order valence-electron chi connectivity index (χ2n) is 19.2. The van der Waals surface area contributed by atoms with Gasteiger partial charge in [0.2, 0.25) is 0 Å². The van der Waals surface area contributed by atoms with E-state index in [1.54, 1.807) is 34.6 Å². The van der Waals surface area contributed by atoms with Crippen LogP contribution in [0.4, 0.5) is 0 Å². The monoisotopic (exact) mass is 869 g/mol. The van der Waals surface area contributed by atoms with E-state index in [9.17, 15) is 25.2 Å². The van der Waals surface area contributed by atoms with Crippen molar-refractivity contribution in [3.8, 4) is 11.5 Å². The van der Waals surface area contributed by atoms with E-state index in [1.807, 2.05) is 84.9 Å². The second kappa shape index (κ2) is 21.2. The van der Waals surface area contributed by atoms with E-state index < -0.39 is 96.0 Å². The van der Waals surface area contributed by atoms with E-state index in [0.717, 1.165) is 0 Å². The number of hydrogen-bond acceptors (Lipinski definition) is 15. The van der Waals surface area contributed by atoms with Crippen LogP contribution in [0.5, 0.6) is 11.5 Å². The minimum atomic E-state index is -1.81. The van der Waals surface area contributed by atoms with Crippen molar-refractivity contribution in [2.45, 2.75) is 192 Å². The van der Waals surface area contributed by atoms with Crippen molar-refractivity contribution in [3.63, 3.8) is 0 Å². The standard InChI is InChI=1S/C46H80N2O13/c1-16-35-46(11,53)39(49)30(7)48(14)25-26(3)23-44(9,52)41(28(5)37(29(6)42(51)59-35)60-36-24-45(10,54-15)40(50)31(8)57-36)61-43-38(34(47(12)13)22-27(4)56-43)58-33-20-18-32(19-21-33)55-17-2/h18-21,26-31,34-41,43,49-50,52-53H,16-17,22-25H2,1-15H3/t26-,27-,28+,29-,30-,31+,34+,35-,36+,37+,38-,39-,40+,41-,43+,44-,45-,46-/m1/s1. The number of benzene rings is 1. The Morgan fingerprint density at radius 3 is 2.08 bits per heavy atom. The van der Waals surface area contributed by atoms with Crippen molar-refractivity contribution >= 4 is 5.97 Å². The fraction of sp³-hybridized carbons (Fsp3) is 0.848. The van der Waals surface area contributed by atoms with Crippen molar-refractivity contribution in [1.82, 2.24) is 9.80 Å². The number of cyclic esters (lactones) is 1. The molecule has 3 saturated heterocycles. The molecule has 1 aromatic rings. The summed E-state index contributed by atoms with van der Waals surface area (Å²) in [5.41, 5.74) is -4.41. The van der Waals surface area contributed by atoms with Crippen molar-refractivity contribution in [2.75, 3.05) is 41.4 Å². The largest absolute Gasteiger partial charge is 0.494 e. The zero-order chi connectivity index (χ0) is 45.8. The Morgan fingerprint density at radius 2 is 1.51 bits per heavy atom. The number of ether oxygens (including phenoxy) is 8. The molecule has 0 unspecified atom stereocenters. The van der Waals surface area contributed by atoms with Crippen molar-refractivity contribution in [3.05, 3.63) is 24.3 Å². The third kappa shape index (κ3) is 12.2. The molecule has 61 heavy (non-hydrogen) atoms. The van der Waals surface area contributed by atoms with Crippen LogP contribution < -0.4 is 9.47 Å². The lowest BCUT2D eigenvalue weighted by atomic mass is 9.77. The number of carbonyl (C=O) groups excluding carboxylic acids is 1. The van der Waals surface area contributed by atoms with Gasteiger partial charge in [-0.25, -0.2) is 0 Å². The maximum atomic E-state index is 14.5. The van der Waals surface area contributed by atoms with Gasteiger partial charge in [0.15, 0.2) is 18.7 Å². The van der Waals surface area contributed by atoms with Crippen LogP contribution in [-0.4, -0.2) is 168 Å². The lowest BCUT2D eigenvalue weighted by Gasteiger charge is -2.49. The summed E-state index contributed by atoms with van der Waals surface area (Å²) in [5.74, 6) is -1.28. The predicted molar refractivity (Wildman–Crippen MR) is 230 cm³/mol. The predicted octanol–water partition coefficient (Wildman–Crippen LogP) is 4.39. The van der Waals surface area contributed by atoms with E-state index in [4.69, 9.17) is 37.9 Å². The molecule has 18 atom stereocenters. The first-order valence-corrected chi connectivity index (χ1v) is 22.3. The molecule has 352 valence electrons. The molecule has 0 saturated carbocycles. The van der Waals surface area contributed by atoms with Gasteiger partial charge < -0.3 is 68.1 Å². The van der Waals surface area contributed by atoms with Gasteiger partial charge in [0.1, 0.15) is 35.4 Å². The van der Waals surface area contributed by atoms with Gasteiger partial charge in [0, 0.05) is 32.0 Å². The molecular weight excluding hydrogens is 789 g/mol. The lowest BCUT2D eigenvalue weighted by molar-refractivity contribution is -0.316. The molecule has 0 bridgehead atoms. The van der Waals surface area contributed by atoms with Crippen molar-refractivity contribution in [2.24, 2.45) is 17.8 Å². The van der Waals surface area contributed by atoms with Gasteiger partial charge in [-0.05, 0) is 126 Å². The molecule has 4 N–H and O–H groups in total. The van der Waals surface area contributed by atoms with E-state index >= 15 is 0 Å². The zero-order valence-corrected chi connectivity index (χ0v) is 39.6. The Morgan fingerprint density at radius 1 is 0.885 bits per heavy atom. The number of aliphatic hydroxyl groups excluding tert-OH is 2. The molecule has 0 spiro atoms. The molecule has 1 aromatic carbocycles. The zero-order valence-electron chi connectivity index (χ0n) is 39.6. The van der Waals surface area contributed by atoms with Crippen LogP contribution in [0.15, 0.2) is 24.3 Å². The number of nitrogens with zero attached hydrogens (tertiary/aromatic N) is 2. The van der Waals surface area contributed by atoms with Crippen LogP contribution in [0.2, 0.25) is 0 Å². The van der Waals surface area contributed by atoms with E-state index in [1.165, 1.54) is 14.0 Å². The number of methoxy groups -OCH3 is 1. The lowest BCUT2D eigenvalue weighted by Crippen LogP contribution is -2.61. The number of carbonyl (C=O) groups is 1. The molecule has 3 aliphatic heterocycles. The summed E-state index contributed by atoms with van der Waals surface area (Å²) in [5, 5.41) is 47.5. The Kier molecular flexibility index (Phi) is 17.9. The average molecular weight is 869 g/mol. The molecule has 15 heteroatoms. The third-order valence-corrected chi connectivity index (χ3v) is 13.6. The highest BCUT2D eigenvalue weighted by molar-refractivity contribution is 5.73. The van der Waals surface area contributed by atoms with Gasteiger partial charge in [0.05, 0.1) is 54.2 Å². The van der Waals surface area contributed by atoms with Gasteiger partial charge in [0.25, 0.3) is 0 Å². The topological polar surface area (TPSA) is 178 Å². The molecule has 4 rings (SSSR count). The summed E-state index contributed by atoms with van der Waals surface area (Å²) >= 11 is 0. The smallest absolute Gasteiger partial charge is 0.311 e. The Labute approximate surface area is 365 Å². The highest BCUT2D eigenvalue weighted by Crippen LogP contribution is 2.41. The van der Waals surface area contributed by atoms with Gasteiger partial charge >= 0.3 is 5.97 Å². The van der Waals surface area contributed by atoms with Crippen LogP contribution in [0.25, 0.3) is 0 Å². The Hall–Kier alpha value is -2.15. The van der Waals surface area contributed by atoms with Gasteiger partial charge in [-0.15, -0.1) is 0 Å². The van der Waals surface area contributed by atoms with Crippen LogP contribution in [0.3, 0.4) is 0 Å². The maximum absolute atomic E-state index is 14.5. The minimum absolute atomic E-state index is 0.132. The molecule has 0 amide bonds. The normalized spacial score (nSPS) is 43.9. The SMILES string of the molecule is CCOc1ccc(O[C@H]2[C@H](O[C@@H]3[C@@H](C)[C@H](O[C@H]4C[C@@](C)(OC)[C@@H](O)[C@H](C)O4)[C@@H](C)C(=O)O[C@H](CC)[C@@](C)(O)[C@H](O)[C@@H](C)N(C)C[C@H](C)C[C@@]3(C)O)O[C@H](C)C[C@@H]2N(C)C)cc1. The van der Waals surface area contributed by atoms with Crippen LogP contribution in [-0.2, 0) is 33.2 Å². The molecule has 15 nitrogen and oxygen atoms in total. The second-order valence-corrected chi connectivity index (χ2v) is 19.2. The van der Waals surface area contributed by atoms with E-state index in [2.05, 4.69) is 4.90 Å². The highest BCUT2D eigenvalue weighted by atomic mass is 16.7. The minimum Gasteiger partial charge on any atom is -0.494 e. The molecule has 0 aliphatic carbocycles. The van der Waals surface area contributed by atoms with Crippen LogP contribution in [0.1, 0.15) is 102 Å². The summed E-state index contributed by atoms with van der Waals surface area (Å²) < 4.78 is 51.2. The first-order valence-electron chi connectivity index (χ1n) is 22.3. The summed E-state index contributed by atoms with van der Waals surface area (Å²) in [4.78, 5) is 18.5. The summed E-state index contributed by atoms with van der Waals surface area (Å²) in [6, 6.07) is 6.70. The quantitative estimate of drug-likeness (QED) is 0.230. The van der Waals surface area contributed by atoms with Crippen LogP contribution >= 0.6 is 0 Å². The van der Waals surface area contributed by atoms with Crippen molar-refractivity contribution < 1.29 is 63.1 Å².